The lowest BCUT2D eigenvalue weighted by Crippen LogP contribution is -2.27. The van der Waals surface area contributed by atoms with Crippen molar-refractivity contribution in [2.75, 3.05) is 12.0 Å². The van der Waals surface area contributed by atoms with Gasteiger partial charge in [-0.05, 0) is 20.1 Å². The van der Waals surface area contributed by atoms with E-state index in [1.54, 1.807) is 0 Å². The number of hydrogen-bond donors (Lipinski definition) is 1. The molecule has 1 unspecified atom stereocenters. The summed E-state index contributed by atoms with van der Waals surface area (Å²) in [5, 5.41) is 10.8. The summed E-state index contributed by atoms with van der Waals surface area (Å²) in [6.07, 6.45) is 2.10. The molecule has 0 saturated heterocycles. The van der Waals surface area contributed by atoms with Gasteiger partial charge in [0, 0.05) is 18.3 Å². The molecule has 0 spiro atoms. The molecule has 0 radical (unpaired) electrons. The highest BCUT2D eigenvalue weighted by Crippen LogP contribution is 2.01. The Kier molecular flexibility index (Phi) is 4.24. The molecule has 1 atom stereocenters. The van der Waals surface area contributed by atoms with Gasteiger partial charge in [0.1, 0.15) is 11.4 Å². The van der Waals surface area contributed by atoms with E-state index in [0.29, 0.717) is 6.04 Å². The van der Waals surface area contributed by atoms with Crippen molar-refractivity contribution in [3.63, 3.8) is 0 Å². The van der Waals surface area contributed by atoms with Crippen LogP contribution in [0.2, 0.25) is 0 Å². The zero-order valence-electron chi connectivity index (χ0n) is 8.20. The lowest BCUT2D eigenvalue weighted by Gasteiger charge is -2.10. The molecule has 0 saturated carbocycles. The molecular formula is C8H15N3OS. The zero-order chi connectivity index (χ0) is 9.68. The quantitative estimate of drug-likeness (QED) is 0.776. The number of thioether (sulfide) groups is 1. The van der Waals surface area contributed by atoms with Gasteiger partial charge in [0.2, 0.25) is 0 Å². The summed E-state index contributed by atoms with van der Waals surface area (Å²) in [6.45, 7) is 4.78. The first-order chi connectivity index (χ1) is 6.24. The molecule has 0 aromatic carbocycles. The Balaban J connectivity index is 2.30. The lowest BCUT2D eigenvalue weighted by atomic mass is 10.3. The van der Waals surface area contributed by atoms with Crippen molar-refractivity contribution in [3.05, 3.63) is 11.4 Å². The second-order valence-corrected chi connectivity index (χ2v) is 3.94. The van der Waals surface area contributed by atoms with Crippen LogP contribution in [0.25, 0.3) is 0 Å². The normalized spacial score (nSPS) is 13.2. The van der Waals surface area contributed by atoms with Gasteiger partial charge < -0.3 is 5.32 Å². The molecule has 1 rings (SSSR count). The second kappa shape index (κ2) is 5.24. The maximum atomic E-state index is 4.59. The molecule has 1 N–H and O–H groups in total. The summed E-state index contributed by atoms with van der Waals surface area (Å²) in [7, 11) is 0. The molecule has 1 aromatic rings. The van der Waals surface area contributed by atoms with E-state index in [1.807, 2.05) is 18.7 Å². The number of nitrogens with one attached hydrogen (secondary N) is 1. The molecule has 1 aromatic heterocycles. The molecule has 4 nitrogen and oxygen atoms in total. The summed E-state index contributed by atoms with van der Waals surface area (Å²) in [4.78, 5) is 0. The summed E-state index contributed by atoms with van der Waals surface area (Å²) in [5.74, 6) is 1.10. The van der Waals surface area contributed by atoms with Crippen LogP contribution < -0.4 is 5.32 Å². The minimum atomic E-state index is 0.492. The van der Waals surface area contributed by atoms with Crippen LogP contribution in [0, 0.1) is 6.92 Å². The smallest absolute Gasteiger partial charge is 0.121 e. The maximum absolute atomic E-state index is 4.59. The van der Waals surface area contributed by atoms with E-state index in [4.69, 9.17) is 0 Å². The van der Waals surface area contributed by atoms with Crippen LogP contribution in [-0.4, -0.2) is 28.4 Å². The molecule has 74 valence electrons. The fourth-order valence-electron chi connectivity index (χ4n) is 0.990. The number of rotatable bonds is 5. The first kappa shape index (κ1) is 10.5. The Hall–Kier alpha value is -0.550. The molecule has 0 bridgehead atoms. The van der Waals surface area contributed by atoms with E-state index in [0.717, 1.165) is 23.7 Å². The zero-order valence-corrected chi connectivity index (χ0v) is 9.02. The Morgan fingerprint density at radius 3 is 2.85 bits per heavy atom. The van der Waals surface area contributed by atoms with Crippen LogP contribution >= 0.6 is 11.8 Å². The monoisotopic (exact) mass is 201 g/mol. The van der Waals surface area contributed by atoms with Crippen LogP contribution in [0.5, 0.6) is 0 Å². The Bertz CT molecular complexity index is 251. The van der Waals surface area contributed by atoms with Gasteiger partial charge in [0.15, 0.2) is 0 Å². The fraction of sp³-hybridized carbons (Fsp3) is 0.750. The first-order valence-electron chi connectivity index (χ1n) is 4.24. The highest BCUT2D eigenvalue weighted by molar-refractivity contribution is 7.98. The highest BCUT2D eigenvalue weighted by Gasteiger charge is 2.06. The van der Waals surface area contributed by atoms with E-state index < -0.39 is 0 Å². The number of hydrogen-bond acceptors (Lipinski definition) is 5. The number of nitrogens with zero attached hydrogens (tertiary/aromatic N) is 2. The van der Waals surface area contributed by atoms with E-state index in [9.17, 15) is 0 Å². The Labute approximate surface area is 82.4 Å². The van der Waals surface area contributed by atoms with E-state index in [-0.39, 0.29) is 0 Å². The number of aromatic nitrogens is 2. The third-order valence-electron chi connectivity index (χ3n) is 1.78. The van der Waals surface area contributed by atoms with Crippen molar-refractivity contribution in [2.24, 2.45) is 0 Å². The van der Waals surface area contributed by atoms with E-state index in [1.165, 1.54) is 0 Å². The number of aryl methyl sites for hydroxylation is 1. The van der Waals surface area contributed by atoms with E-state index in [2.05, 4.69) is 33.4 Å². The fourth-order valence-corrected chi connectivity index (χ4v) is 1.61. The SMILES string of the molecule is CSCC(C)NCc1nonc1C. The van der Waals surface area contributed by atoms with Gasteiger partial charge in [0.25, 0.3) is 0 Å². The first-order valence-corrected chi connectivity index (χ1v) is 5.63. The molecule has 0 aliphatic rings. The third-order valence-corrected chi connectivity index (χ3v) is 2.61. The van der Waals surface area contributed by atoms with Crippen molar-refractivity contribution >= 4 is 11.8 Å². The van der Waals surface area contributed by atoms with E-state index >= 15 is 0 Å². The van der Waals surface area contributed by atoms with Gasteiger partial charge in [-0.2, -0.15) is 11.8 Å². The van der Waals surface area contributed by atoms with Crippen molar-refractivity contribution in [3.8, 4) is 0 Å². The summed E-state index contributed by atoms with van der Waals surface area (Å²) < 4.78 is 4.59. The summed E-state index contributed by atoms with van der Waals surface area (Å²) in [6, 6.07) is 0.492. The largest absolute Gasteiger partial charge is 0.308 e. The van der Waals surface area contributed by atoms with Crippen LogP contribution in [0.3, 0.4) is 0 Å². The Morgan fingerprint density at radius 2 is 2.31 bits per heavy atom. The van der Waals surface area contributed by atoms with Crippen molar-refractivity contribution in [1.82, 2.24) is 15.6 Å². The van der Waals surface area contributed by atoms with Gasteiger partial charge in [-0.25, -0.2) is 4.63 Å². The average molecular weight is 201 g/mol. The topological polar surface area (TPSA) is 51.0 Å². The molecule has 0 aliphatic carbocycles. The van der Waals surface area contributed by atoms with Crippen LogP contribution in [-0.2, 0) is 6.54 Å². The summed E-state index contributed by atoms with van der Waals surface area (Å²) in [5.41, 5.74) is 1.76. The molecule has 5 heteroatoms. The molecule has 0 amide bonds. The van der Waals surface area contributed by atoms with Crippen molar-refractivity contribution < 1.29 is 4.63 Å². The summed E-state index contributed by atoms with van der Waals surface area (Å²) >= 11 is 1.83. The lowest BCUT2D eigenvalue weighted by molar-refractivity contribution is 0.300. The minimum absolute atomic E-state index is 0.492. The molecule has 1 heterocycles. The Morgan fingerprint density at radius 1 is 1.54 bits per heavy atom. The van der Waals surface area contributed by atoms with Crippen LogP contribution in [0.4, 0.5) is 0 Å². The van der Waals surface area contributed by atoms with Crippen LogP contribution in [0.1, 0.15) is 18.3 Å². The predicted molar refractivity (Wildman–Crippen MR) is 53.7 cm³/mol. The minimum Gasteiger partial charge on any atom is -0.308 e. The predicted octanol–water partition coefficient (Wildman–Crippen LogP) is 1.22. The van der Waals surface area contributed by atoms with Crippen LogP contribution in [0.15, 0.2) is 4.63 Å². The standard InChI is InChI=1S/C8H15N3OS/c1-6(5-13-3)9-4-8-7(2)10-12-11-8/h6,9H,4-5H2,1-3H3. The maximum Gasteiger partial charge on any atom is 0.121 e. The molecule has 0 aliphatic heterocycles. The molecular weight excluding hydrogens is 186 g/mol. The third kappa shape index (κ3) is 3.36. The van der Waals surface area contributed by atoms with Gasteiger partial charge in [-0.15, -0.1) is 0 Å². The van der Waals surface area contributed by atoms with Crippen molar-refractivity contribution in [1.29, 1.82) is 0 Å². The second-order valence-electron chi connectivity index (χ2n) is 3.03. The van der Waals surface area contributed by atoms with Gasteiger partial charge in [-0.1, -0.05) is 10.3 Å². The van der Waals surface area contributed by atoms with Crippen molar-refractivity contribution in [2.45, 2.75) is 26.4 Å². The average Bonchev–Trinajstić information content (AvgIpc) is 2.48. The van der Waals surface area contributed by atoms with Gasteiger partial charge in [0.05, 0.1) is 0 Å². The van der Waals surface area contributed by atoms with Gasteiger partial charge in [-0.3, -0.25) is 0 Å². The molecule has 13 heavy (non-hydrogen) atoms. The highest BCUT2D eigenvalue weighted by atomic mass is 32.2. The molecule has 0 fully saturated rings. The van der Waals surface area contributed by atoms with Gasteiger partial charge >= 0.3 is 0 Å².